The second-order valence-electron chi connectivity index (χ2n) is 10.7. The van der Waals surface area contributed by atoms with Crippen LogP contribution in [0, 0.1) is 6.92 Å². The zero-order chi connectivity index (χ0) is 27.7. The lowest BCUT2D eigenvalue weighted by molar-refractivity contribution is -0.114. The number of aryl methyl sites for hydroxylation is 2. The summed E-state index contributed by atoms with van der Waals surface area (Å²) < 4.78 is 2.19. The molecular formula is C31H36N6O2. The predicted octanol–water partition coefficient (Wildman–Crippen LogP) is 4.98. The standard InChI is InChI=1S/C31H36N6O2/c1-20-16-29(34-21(2)38)33-18-28(20)26-10-13-32-30-27(26)17-25(36(30)5)19-37-14-11-23(12-15-37)22-6-8-24(9-7-22)31(39)35(3)4/h6-10,13,16-18,23H,11-12,14-15,19H2,1-5H3,(H,33,34,38). The summed E-state index contributed by atoms with van der Waals surface area (Å²) in [6, 6.07) is 14.3. The molecule has 0 atom stereocenters. The Balaban J connectivity index is 1.30. The van der Waals surface area contributed by atoms with E-state index in [4.69, 9.17) is 0 Å². The average molecular weight is 525 g/mol. The van der Waals surface area contributed by atoms with Crippen molar-refractivity contribution in [1.29, 1.82) is 0 Å². The van der Waals surface area contributed by atoms with E-state index in [9.17, 15) is 9.59 Å². The Hall–Kier alpha value is -4.04. The van der Waals surface area contributed by atoms with Crippen molar-refractivity contribution in [3.63, 3.8) is 0 Å². The Morgan fingerprint density at radius 1 is 1.03 bits per heavy atom. The summed E-state index contributed by atoms with van der Waals surface area (Å²) in [7, 11) is 5.65. The second-order valence-corrected chi connectivity index (χ2v) is 10.7. The maximum absolute atomic E-state index is 12.2. The van der Waals surface area contributed by atoms with Gasteiger partial charge in [-0.25, -0.2) is 9.97 Å². The van der Waals surface area contributed by atoms with Crippen molar-refractivity contribution in [2.75, 3.05) is 32.5 Å². The summed E-state index contributed by atoms with van der Waals surface area (Å²) in [5.74, 6) is 0.982. The number of benzene rings is 1. The normalized spacial score (nSPS) is 14.5. The van der Waals surface area contributed by atoms with Gasteiger partial charge < -0.3 is 14.8 Å². The Bertz CT molecular complexity index is 1510. The van der Waals surface area contributed by atoms with Crippen LogP contribution in [0.3, 0.4) is 0 Å². The fourth-order valence-electron chi connectivity index (χ4n) is 5.55. The van der Waals surface area contributed by atoms with Crippen molar-refractivity contribution in [3.05, 3.63) is 77.2 Å². The van der Waals surface area contributed by atoms with Crippen LogP contribution >= 0.6 is 0 Å². The van der Waals surface area contributed by atoms with Gasteiger partial charge in [0, 0.05) is 69.2 Å². The molecule has 5 rings (SSSR count). The van der Waals surface area contributed by atoms with Gasteiger partial charge in [0.05, 0.1) is 0 Å². The van der Waals surface area contributed by atoms with Crippen LogP contribution < -0.4 is 5.32 Å². The Kier molecular flexibility index (Phi) is 7.48. The molecule has 39 heavy (non-hydrogen) atoms. The largest absolute Gasteiger partial charge is 0.345 e. The van der Waals surface area contributed by atoms with Crippen molar-refractivity contribution in [3.8, 4) is 11.1 Å². The lowest BCUT2D eigenvalue weighted by atomic mass is 9.89. The van der Waals surface area contributed by atoms with E-state index < -0.39 is 0 Å². The van der Waals surface area contributed by atoms with Gasteiger partial charge in [0.25, 0.3) is 5.91 Å². The number of anilines is 1. The highest BCUT2D eigenvalue weighted by Crippen LogP contribution is 2.33. The molecule has 0 aliphatic carbocycles. The summed E-state index contributed by atoms with van der Waals surface area (Å²) in [4.78, 5) is 36.9. The molecule has 4 heterocycles. The highest BCUT2D eigenvalue weighted by atomic mass is 16.2. The number of piperidine rings is 1. The zero-order valence-corrected chi connectivity index (χ0v) is 23.4. The zero-order valence-electron chi connectivity index (χ0n) is 23.4. The van der Waals surface area contributed by atoms with Gasteiger partial charge in [-0.05, 0) is 85.8 Å². The number of aromatic nitrogens is 3. The van der Waals surface area contributed by atoms with E-state index in [0.717, 1.165) is 65.8 Å². The fraction of sp³-hybridized carbons (Fsp3) is 0.355. The molecule has 0 unspecified atom stereocenters. The van der Waals surface area contributed by atoms with Crippen LogP contribution in [-0.4, -0.2) is 63.3 Å². The van der Waals surface area contributed by atoms with E-state index in [1.54, 1.807) is 19.0 Å². The molecule has 2 amide bonds. The smallest absolute Gasteiger partial charge is 0.253 e. The minimum atomic E-state index is -0.132. The van der Waals surface area contributed by atoms with E-state index in [2.05, 4.69) is 50.0 Å². The summed E-state index contributed by atoms with van der Waals surface area (Å²) in [5.41, 5.74) is 7.42. The summed E-state index contributed by atoms with van der Waals surface area (Å²) in [6.07, 6.45) is 5.88. The van der Waals surface area contributed by atoms with Crippen LogP contribution in [0.1, 0.15) is 52.9 Å². The third kappa shape index (κ3) is 5.56. The maximum Gasteiger partial charge on any atom is 0.253 e. The Labute approximate surface area is 229 Å². The first kappa shape index (κ1) is 26.6. The van der Waals surface area contributed by atoms with Crippen molar-refractivity contribution in [2.45, 2.75) is 39.2 Å². The molecule has 202 valence electrons. The molecule has 0 bridgehead atoms. The first-order valence-corrected chi connectivity index (χ1v) is 13.4. The maximum atomic E-state index is 12.2. The lowest BCUT2D eigenvalue weighted by Gasteiger charge is -2.32. The van der Waals surface area contributed by atoms with Gasteiger partial charge in [0.1, 0.15) is 11.5 Å². The van der Waals surface area contributed by atoms with Gasteiger partial charge in [-0.1, -0.05) is 12.1 Å². The number of fused-ring (bicyclic) bond motifs is 1. The molecular weight excluding hydrogens is 488 g/mol. The number of carbonyl (C=O) groups excluding carboxylic acids is 2. The number of rotatable bonds is 6. The SMILES string of the molecule is CC(=O)Nc1cc(C)c(-c2ccnc3c2cc(CN2CCC(c4ccc(C(=O)N(C)C)cc4)CC2)n3C)cn1. The van der Waals surface area contributed by atoms with Gasteiger partial charge in [0.15, 0.2) is 0 Å². The number of hydrogen-bond donors (Lipinski definition) is 1. The molecule has 3 aromatic heterocycles. The Morgan fingerprint density at radius 2 is 1.74 bits per heavy atom. The van der Waals surface area contributed by atoms with Crippen molar-refractivity contribution in [2.24, 2.45) is 7.05 Å². The molecule has 0 saturated carbocycles. The van der Waals surface area contributed by atoms with E-state index in [-0.39, 0.29) is 11.8 Å². The molecule has 0 radical (unpaired) electrons. The summed E-state index contributed by atoms with van der Waals surface area (Å²) >= 11 is 0. The predicted molar refractivity (Wildman–Crippen MR) is 155 cm³/mol. The molecule has 1 aromatic carbocycles. The molecule has 1 aliphatic rings. The van der Waals surface area contributed by atoms with Crippen LogP contribution in [0.2, 0.25) is 0 Å². The number of nitrogens with one attached hydrogen (secondary N) is 1. The number of amides is 2. The van der Waals surface area contributed by atoms with E-state index in [0.29, 0.717) is 11.7 Å². The number of hydrogen-bond acceptors (Lipinski definition) is 5. The molecule has 1 fully saturated rings. The van der Waals surface area contributed by atoms with Gasteiger partial charge in [-0.2, -0.15) is 0 Å². The summed E-state index contributed by atoms with van der Waals surface area (Å²) in [6.45, 7) is 6.44. The number of pyridine rings is 2. The van der Waals surface area contributed by atoms with Crippen LogP contribution in [0.15, 0.2) is 54.9 Å². The van der Waals surface area contributed by atoms with Crippen molar-refractivity contribution in [1.82, 2.24) is 24.3 Å². The molecule has 1 N–H and O–H groups in total. The van der Waals surface area contributed by atoms with Crippen LogP contribution in [-0.2, 0) is 18.4 Å². The van der Waals surface area contributed by atoms with E-state index in [1.165, 1.54) is 18.2 Å². The molecule has 8 heteroatoms. The average Bonchev–Trinajstić information content (AvgIpc) is 3.24. The topological polar surface area (TPSA) is 83.4 Å². The van der Waals surface area contributed by atoms with Gasteiger partial charge in [-0.15, -0.1) is 0 Å². The van der Waals surface area contributed by atoms with Crippen molar-refractivity contribution < 1.29 is 9.59 Å². The first-order valence-electron chi connectivity index (χ1n) is 13.4. The van der Waals surface area contributed by atoms with Gasteiger partial charge in [0.2, 0.25) is 5.91 Å². The number of likely N-dealkylation sites (tertiary alicyclic amines) is 1. The third-order valence-corrected chi connectivity index (χ3v) is 7.74. The van der Waals surface area contributed by atoms with Gasteiger partial charge >= 0.3 is 0 Å². The quantitative estimate of drug-likeness (QED) is 0.385. The monoisotopic (exact) mass is 524 g/mol. The number of nitrogens with zero attached hydrogens (tertiary/aromatic N) is 5. The highest BCUT2D eigenvalue weighted by molar-refractivity contribution is 5.95. The molecule has 1 aliphatic heterocycles. The van der Waals surface area contributed by atoms with E-state index in [1.807, 2.05) is 43.6 Å². The lowest BCUT2D eigenvalue weighted by Crippen LogP contribution is -2.33. The molecule has 0 spiro atoms. The van der Waals surface area contributed by atoms with Crippen LogP contribution in [0.25, 0.3) is 22.2 Å². The van der Waals surface area contributed by atoms with E-state index >= 15 is 0 Å². The van der Waals surface area contributed by atoms with Crippen LogP contribution in [0.4, 0.5) is 5.82 Å². The summed E-state index contributed by atoms with van der Waals surface area (Å²) in [5, 5.41) is 3.86. The molecule has 4 aromatic rings. The first-order chi connectivity index (χ1) is 18.7. The molecule has 8 nitrogen and oxygen atoms in total. The van der Waals surface area contributed by atoms with Crippen molar-refractivity contribution >= 4 is 28.7 Å². The third-order valence-electron chi connectivity index (χ3n) is 7.74. The fourth-order valence-corrected chi connectivity index (χ4v) is 5.55. The molecule has 1 saturated heterocycles. The minimum Gasteiger partial charge on any atom is -0.345 e. The highest BCUT2D eigenvalue weighted by Gasteiger charge is 2.23. The van der Waals surface area contributed by atoms with Crippen LogP contribution in [0.5, 0.6) is 0 Å². The second kappa shape index (κ2) is 11.0. The van der Waals surface area contributed by atoms with Gasteiger partial charge in [-0.3, -0.25) is 14.5 Å². The number of carbonyl (C=O) groups is 2. The Morgan fingerprint density at radius 3 is 2.38 bits per heavy atom. The minimum absolute atomic E-state index is 0.0393.